The van der Waals surface area contributed by atoms with Crippen molar-refractivity contribution < 1.29 is 13.2 Å². The summed E-state index contributed by atoms with van der Waals surface area (Å²) in [6, 6.07) is 10.7. The van der Waals surface area contributed by atoms with Crippen LogP contribution in [0.15, 0.2) is 41.3 Å². The molecule has 0 fully saturated rings. The van der Waals surface area contributed by atoms with Gasteiger partial charge in [0.2, 0.25) is 15.9 Å². The molecule has 0 saturated heterocycles. The van der Waals surface area contributed by atoms with Gasteiger partial charge >= 0.3 is 0 Å². The number of imidazole rings is 1. The summed E-state index contributed by atoms with van der Waals surface area (Å²) in [6.45, 7) is 4.04. The van der Waals surface area contributed by atoms with Crippen LogP contribution in [0, 0.1) is 13.8 Å². The number of nitrogens with one attached hydrogen (secondary N) is 1. The maximum atomic E-state index is 12.3. The van der Waals surface area contributed by atoms with Crippen molar-refractivity contribution in [1.29, 1.82) is 0 Å². The molecule has 3 rings (SSSR count). The van der Waals surface area contributed by atoms with Crippen molar-refractivity contribution in [3.63, 3.8) is 0 Å². The zero-order valence-corrected chi connectivity index (χ0v) is 18.2. The summed E-state index contributed by atoms with van der Waals surface area (Å²) in [4.78, 5) is 17.1. The highest BCUT2D eigenvalue weighted by Crippen LogP contribution is 2.22. The van der Waals surface area contributed by atoms with Crippen LogP contribution in [0.5, 0.6) is 0 Å². The zero-order chi connectivity index (χ0) is 21.3. The van der Waals surface area contributed by atoms with Crippen LogP contribution in [0.2, 0.25) is 0 Å². The van der Waals surface area contributed by atoms with Crippen LogP contribution in [0.25, 0.3) is 11.0 Å². The van der Waals surface area contributed by atoms with E-state index in [1.807, 2.05) is 43.7 Å². The number of carbonyl (C=O) groups is 1. The van der Waals surface area contributed by atoms with Crippen LogP contribution >= 0.6 is 0 Å². The molecule has 0 aliphatic rings. The molecule has 0 spiro atoms. The summed E-state index contributed by atoms with van der Waals surface area (Å²) < 4.78 is 27.7. The molecule has 7 nitrogen and oxygen atoms in total. The molecule has 2 aromatic carbocycles. The lowest BCUT2D eigenvalue weighted by molar-refractivity contribution is -0.116. The second kappa shape index (κ2) is 7.96. The molecular formula is C21H26N4O3S. The van der Waals surface area contributed by atoms with Gasteiger partial charge in [-0.05, 0) is 55.3 Å². The van der Waals surface area contributed by atoms with Crippen LogP contribution in [0.4, 0.5) is 5.69 Å². The number of aryl methyl sites for hydroxylation is 4. The monoisotopic (exact) mass is 414 g/mol. The number of carbonyl (C=O) groups excluding carboxylic acids is 1. The second-order valence-corrected chi connectivity index (χ2v) is 9.52. The van der Waals surface area contributed by atoms with E-state index in [1.165, 1.54) is 24.0 Å². The van der Waals surface area contributed by atoms with E-state index < -0.39 is 10.0 Å². The third-order valence-corrected chi connectivity index (χ3v) is 6.90. The van der Waals surface area contributed by atoms with Gasteiger partial charge in [-0.1, -0.05) is 6.07 Å². The largest absolute Gasteiger partial charge is 0.331 e. The van der Waals surface area contributed by atoms with E-state index in [4.69, 9.17) is 0 Å². The molecule has 0 aliphatic heterocycles. The molecule has 154 valence electrons. The lowest BCUT2D eigenvalue weighted by atomic mass is 10.1. The number of fused-ring (bicyclic) bond motifs is 1. The molecule has 1 heterocycles. The number of rotatable bonds is 6. The molecule has 8 heteroatoms. The van der Waals surface area contributed by atoms with Gasteiger partial charge in [-0.3, -0.25) is 4.79 Å². The normalized spacial score (nSPS) is 11.9. The zero-order valence-electron chi connectivity index (χ0n) is 17.4. The summed E-state index contributed by atoms with van der Waals surface area (Å²) in [5, 5.41) is 2.91. The van der Waals surface area contributed by atoms with Crippen molar-refractivity contribution in [3.8, 4) is 0 Å². The highest BCUT2D eigenvalue weighted by atomic mass is 32.2. The quantitative estimate of drug-likeness (QED) is 0.672. The second-order valence-electron chi connectivity index (χ2n) is 7.37. The number of hydrogen-bond acceptors (Lipinski definition) is 4. The lowest BCUT2D eigenvalue weighted by Gasteiger charge is -2.10. The molecule has 0 unspecified atom stereocenters. The van der Waals surface area contributed by atoms with Gasteiger partial charge in [0, 0.05) is 39.7 Å². The molecule has 3 aromatic rings. The Morgan fingerprint density at radius 3 is 2.48 bits per heavy atom. The highest BCUT2D eigenvalue weighted by molar-refractivity contribution is 7.89. The van der Waals surface area contributed by atoms with Crippen LogP contribution < -0.4 is 5.32 Å². The fourth-order valence-electron chi connectivity index (χ4n) is 3.09. The molecular weight excluding hydrogens is 388 g/mol. The number of aromatic nitrogens is 2. The van der Waals surface area contributed by atoms with Crippen molar-refractivity contribution in [2.24, 2.45) is 7.05 Å². The van der Waals surface area contributed by atoms with Gasteiger partial charge in [0.05, 0.1) is 15.9 Å². The Hall–Kier alpha value is -2.71. The van der Waals surface area contributed by atoms with Crippen LogP contribution in [0.1, 0.15) is 23.4 Å². The molecule has 0 bridgehead atoms. The van der Waals surface area contributed by atoms with Gasteiger partial charge in [0.25, 0.3) is 0 Å². The Morgan fingerprint density at radius 2 is 1.83 bits per heavy atom. The predicted molar refractivity (Wildman–Crippen MR) is 114 cm³/mol. The summed E-state index contributed by atoms with van der Waals surface area (Å²) in [5.41, 5.74) is 4.51. The molecule has 0 aliphatic carbocycles. The molecule has 1 N–H and O–H groups in total. The van der Waals surface area contributed by atoms with E-state index in [0.717, 1.165) is 22.6 Å². The SMILES string of the molecule is Cc1ccc(NC(=O)CCc2nc3cc(S(=O)(=O)N(C)C)ccc3n2C)cc1C. The minimum atomic E-state index is -3.52. The Kier molecular flexibility index (Phi) is 5.77. The van der Waals surface area contributed by atoms with Crippen molar-refractivity contribution in [1.82, 2.24) is 13.9 Å². The maximum Gasteiger partial charge on any atom is 0.242 e. The van der Waals surface area contributed by atoms with Gasteiger partial charge in [-0.2, -0.15) is 0 Å². The maximum absolute atomic E-state index is 12.3. The van der Waals surface area contributed by atoms with Crippen molar-refractivity contribution in [3.05, 3.63) is 53.3 Å². The number of nitrogens with zero attached hydrogens (tertiary/aromatic N) is 3. The third kappa shape index (κ3) is 4.33. The summed E-state index contributed by atoms with van der Waals surface area (Å²) >= 11 is 0. The van der Waals surface area contributed by atoms with E-state index in [0.29, 0.717) is 11.9 Å². The molecule has 0 saturated carbocycles. The predicted octanol–water partition coefficient (Wildman–Crippen LogP) is 3.01. The highest BCUT2D eigenvalue weighted by Gasteiger charge is 2.19. The number of amides is 1. The number of benzene rings is 2. The van der Waals surface area contributed by atoms with Crippen molar-refractivity contribution >= 4 is 32.7 Å². The fraction of sp³-hybridized carbons (Fsp3) is 0.333. The number of hydrogen-bond donors (Lipinski definition) is 1. The van der Waals surface area contributed by atoms with Crippen molar-refractivity contribution in [2.75, 3.05) is 19.4 Å². The average molecular weight is 415 g/mol. The Bertz CT molecular complexity index is 1180. The van der Waals surface area contributed by atoms with Gasteiger partial charge < -0.3 is 9.88 Å². The number of anilines is 1. The van der Waals surface area contributed by atoms with E-state index in [-0.39, 0.29) is 17.2 Å². The Morgan fingerprint density at radius 1 is 1.10 bits per heavy atom. The number of sulfonamides is 1. The van der Waals surface area contributed by atoms with Crippen LogP contribution in [0.3, 0.4) is 0 Å². The standard InChI is InChI=1S/C21H26N4O3S/c1-14-6-7-16(12-15(14)2)22-21(26)11-10-20-23-18-13-17(29(27,28)24(3)4)8-9-19(18)25(20)5/h6-9,12-13H,10-11H2,1-5H3,(H,22,26). The molecule has 29 heavy (non-hydrogen) atoms. The van der Waals surface area contributed by atoms with E-state index in [1.54, 1.807) is 18.2 Å². The summed E-state index contributed by atoms with van der Waals surface area (Å²) in [7, 11) is 1.34. The van der Waals surface area contributed by atoms with E-state index in [2.05, 4.69) is 10.3 Å². The summed E-state index contributed by atoms with van der Waals surface area (Å²) in [6.07, 6.45) is 0.741. The first-order valence-electron chi connectivity index (χ1n) is 9.34. The van der Waals surface area contributed by atoms with Crippen LogP contribution in [-0.2, 0) is 28.3 Å². The van der Waals surface area contributed by atoms with E-state index >= 15 is 0 Å². The molecule has 1 aromatic heterocycles. The first-order valence-corrected chi connectivity index (χ1v) is 10.8. The Balaban J connectivity index is 1.75. The Labute approximate surface area is 171 Å². The van der Waals surface area contributed by atoms with Gasteiger partial charge in [-0.25, -0.2) is 17.7 Å². The van der Waals surface area contributed by atoms with Gasteiger partial charge in [0.1, 0.15) is 5.82 Å². The average Bonchev–Trinajstić information content (AvgIpc) is 2.98. The summed E-state index contributed by atoms with van der Waals surface area (Å²) in [5.74, 6) is 0.644. The minimum Gasteiger partial charge on any atom is -0.331 e. The van der Waals surface area contributed by atoms with Crippen LogP contribution in [-0.4, -0.2) is 42.3 Å². The van der Waals surface area contributed by atoms with E-state index in [9.17, 15) is 13.2 Å². The molecule has 0 radical (unpaired) electrons. The third-order valence-electron chi connectivity index (χ3n) is 5.09. The minimum absolute atomic E-state index is 0.0869. The van der Waals surface area contributed by atoms with Crippen molar-refractivity contribution in [2.45, 2.75) is 31.6 Å². The fourth-order valence-corrected chi connectivity index (χ4v) is 4.01. The molecule has 0 atom stereocenters. The lowest BCUT2D eigenvalue weighted by Crippen LogP contribution is -2.22. The first kappa shape index (κ1) is 21.0. The topological polar surface area (TPSA) is 84.3 Å². The smallest absolute Gasteiger partial charge is 0.242 e. The van der Waals surface area contributed by atoms with Gasteiger partial charge in [-0.15, -0.1) is 0 Å². The molecule has 1 amide bonds. The first-order chi connectivity index (χ1) is 13.6. The van der Waals surface area contributed by atoms with Gasteiger partial charge in [0.15, 0.2) is 0 Å².